The molecule has 1 amide bonds. The number of aryl methyl sites for hydroxylation is 1. The van der Waals surface area contributed by atoms with Gasteiger partial charge in [-0.25, -0.2) is 0 Å². The maximum absolute atomic E-state index is 12.3. The zero-order valence-corrected chi connectivity index (χ0v) is 15.6. The van der Waals surface area contributed by atoms with E-state index in [1.54, 1.807) is 12.1 Å². The average Bonchev–Trinajstić information content (AvgIpc) is 2.65. The van der Waals surface area contributed by atoms with Gasteiger partial charge in [-0.15, -0.1) is 0 Å². The number of rotatable bonds is 5. The van der Waals surface area contributed by atoms with Gasteiger partial charge in [-0.2, -0.15) is 0 Å². The number of nitro benzene ring substituents is 1. The fourth-order valence-corrected chi connectivity index (χ4v) is 3.33. The fraction of sp³-hybridized carbons (Fsp3) is 0.350. The normalized spacial score (nSPS) is 14.8. The van der Waals surface area contributed by atoms with Crippen LogP contribution < -0.4 is 10.2 Å². The SMILES string of the molecule is Cc1cccc(N2CCN(CC(=O)Nc3cccc([N+](=O)[O-])c3)CC2)c1C. The van der Waals surface area contributed by atoms with E-state index in [2.05, 4.69) is 47.2 Å². The molecule has 3 rings (SSSR count). The molecule has 27 heavy (non-hydrogen) atoms. The Labute approximate surface area is 158 Å². The Bertz CT molecular complexity index is 845. The third kappa shape index (κ3) is 4.62. The number of benzene rings is 2. The predicted molar refractivity (Wildman–Crippen MR) is 106 cm³/mol. The number of nitro groups is 1. The van der Waals surface area contributed by atoms with Gasteiger partial charge in [-0.3, -0.25) is 19.8 Å². The predicted octanol–water partition coefficient (Wildman–Crippen LogP) is 2.97. The van der Waals surface area contributed by atoms with Crippen molar-refractivity contribution in [3.05, 3.63) is 63.7 Å². The molecule has 1 saturated heterocycles. The highest BCUT2D eigenvalue weighted by molar-refractivity contribution is 5.92. The second-order valence-corrected chi connectivity index (χ2v) is 6.84. The van der Waals surface area contributed by atoms with Gasteiger partial charge in [-0.1, -0.05) is 18.2 Å². The van der Waals surface area contributed by atoms with E-state index in [-0.39, 0.29) is 18.1 Å². The Morgan fingerprint density at radius 1 is 1.11 bits per heavy atom. The first kappa shape index (κ1) is 18.8. The van der Waals surface area contributed by atoms with Crippen LogP contribution in [0.3, 0.4) is 0 Å². The zero-order valence-electron chi connectivity index (χ0n) is 15.6. The highest BCUT2D eigenvalue weighted by Gasteiger charge is 2.20. The molecule has 142 valence electrons. The third-order valence-corrected chi connectivity index (χ3v) is 5.00. The van der Waals surface area contributed by atoms with Crippen LogP contribution in [-0.4, -0.2) is 48.5 Å². The highest BCUT2D eigenvalue weighted by Crippen LogP contribution is 2.24. The van der Waals surface area contributed by atoms with Crippen LogP contribution in [0.1, 0.15) is 11.1 Å². The number of nitrogens with one attached hydrogen (secondary N) is 1. The number of carbonyl (C=O) groups excluding carboxylic acids is 1. The van der Waals surface area contributed by atoms with E-state index >= 15 is 0 Å². The standard InChI is InChI=1S/C20H24N4O3/c1-15-5-3-8-19(16(15)2)23-11-9-22(10-12-23)14-20(25)21-17-6-4-7-18(13-17)24(26)27/h3-8,13H,9-12,14H2,1-2H3,(H,21,25). The number of non-ortho nitro benzene ring substituents is 1. The maximum Gasteiger partial charge on any atom is 0.271 e. The van der Waals surface area contributed by atoms with Crippen LogP contribution in [0.25, 0.3) is 0 Å². The number of carbonyl (C=O) groups is 1. The molecule has 0 aliphatic carbocycles. The van der Waals surface area contributed by atoms with Gasteiger partial charge in [-0.05, 0) is 37.1 Å². The summed E-state index contributed by atoms with van der Waals surface area (Å²) >= 11 is 0. The topological polar surface area (TPSA) is 78.7 Å². The summed E-state index contributed by atoms with van der Waals surface area (Å²) in [5, 5.41) is 13.6. The van der Waals surface area contributed by atoms with Crippen molar-refractivity contribution in [2.24, 2.45) is 0 Å². The Hall–Kier alpha value is -2.93. The smallest absolute Gasteiger partial charge is 0.271 e. The van der Waals surface area contributed by atoms with Gasteiger partial charge in [0, 0.05) is 49.7 Å². The molecule has 1 aliphatic heterocycles. The minimum atomic E-state index is -0.470. The van der Waals surface area contributed by atoms with E-state index in [1.807, 2.05) is 0 Å². The second kappa shape index (κ2) is 8.18. The molecule has 0 atom stereocenters. The number of anilines is 2. The monoisotopic (exact) mass is 368 g/mol. The second-order valence-electron chi connectivity index (χ2n) is 6.84. The third-order valence-electron chi connectivity index (χ3n) is 5.00. The van der Waals surface area contributed by atoms with Crippen LogP contribution in [-0.2, 0) is 4.79 Å². The first-order valence-electron chi connectivity index (χ1n) is 9.02. The lowest BCUT2D eigenvalue weighted by Gasteiger charge is -2.36. The van der Waals surface area contributed by atoms with E-state index in [9.17, 15) is 14.9 Å². The molecule has 0 aromatic heterocycles. The zero-order chi connectivity index (χ0) is 19.4. The lowest BCUT2D eigenvalue weighted by atomic mass is 10.1. The molecular formula is C20H24N4O3. The minimum Gasteiger partial charge on any atom is -0.369 e. The summed E-state index contributed by atoms with van der Waals surface area (Å²) in [5.41, 5.74) is 4.26. The number of amides is 1. The molecule has 0 saturated carbocycles. The van der Waals surface area contributed by atoms with Gasteiger partial charge in [0.15, 0.2) is 0 Å². The summed E-state index contributed by atoms with van der Waals surface area (Å²) in [4.78, 5) is 27.1. The molecule has 1 N–H and O–H groups in total. The highest BCUT2D eigenvalue weighted by atomic mass is 16.6. The van der Waals surface area contributed by atoms with Crippen molar-refractivity contribution in [1.29, 1.82) is 0 Å². The van der Waals surface area contributed by atoms with Gasteiger partial charge in [0.1, 0.15) is 0 Å². The van der Waals surface area contributed by atoms with E-state index in [0.717, 1.165) is 26.2 Å². The molecule has 0 radical (unpaired) electrons. The van der Waals surface area contributed by atoms with Crippen molar-refractivity contribution in [2.45, 2.75) is 13.8 Å². The number of nitrogens with zero attached hydrogens (tertiary/aromatic N) is 3. The fourth-order valence-electron chi connectivity index (χ4n) is 3.33. The van der Waals surface area contributed by atoms with E-state index < -0.39 is 4.92 Å². The lowest BCUT2D eigenvalue weighted by molar-refractivity contribution is -0.384. The summed E-state index contributed by atoms with van der Waals surface area (Å²) in [6.45, 7) is 7.88. The Morgan fingerprint density at radius 3 is 2.52 bits per heavy atom. The van der Waals surface area contributed by atoms with Crippen molar-refractivity contribution in [3.8, 4) is 0 Å². The molecule has 1 aliphatic rings. The number of hydrogen-bond acceptors (Lipinski definition) is 5. The van der Waals surface area contributed by atoms with Crippen LogP contribution in [0.5, 0.6) is 0 Å². The molecule has 1 heterocycles. The molecular weight excluding hydrogens is 344 g/mol. The van der Waals surface area contributed by atoms with Crippen LogP contribution >= 0.6 is 0 Å². The summed E-state index contributed by atoms with van der Waals surface area (Å²) in [5.74, 6) is -0.157. The Kier molecular flexibility index (Phi) is 5.71. The Balaban J connectivity index is 1.53. The molecule has 2 aromatic carbocycles. The first-order chi connectivity index (χ1) is 12.9. The largest absolute Gasteiger partial charge is 0.369 e. The summed E-state index contributed by atoms with van der Waals surface area (Å²) in [7, 11) is 0. The molecule has 2 aromatic rings. The summed E-state index contributed by atoms with van der Waals surface area (Å²) in [6, 6.07) is 12.3. The van der Waals surface area contributed by atoms with Crippen molar-refractivity contribution < 1.29 is 9.72 Å². The molecule has 1 fully saturated rings. The van der Waals surface area contributed by atoms with Crippen LogP contribution in [0.4, 0.5) is 17.1 Å². The molecule has 7 nitrogen and oxygen atoms in total. The van der Waals surface area contributed by atoms with Crippen LogP contribution in [0.15, 0.2) is 42.5 Å². The van der Waals surface area contributed by atoms with E-state index in [1.165, 1.54) is 28.9 Å². The number of hydrogen-bond donors (Lipinski definition) is 1. The van der Waals surface area contributed by atoms with Gasteiger partial charge in [0.05, 0.1) is 11.5 Å². The Morgan fingerprint density at radius 2 is 1.81 bits per heavy atom. The summed E-state index contributed by atoms with van der Waals surface area (Å²) in [6.07, 6.45) is 0. The van der Waals surface area contributed by atoms with Crippen molar-refractivity contribution in [3.63, 3.8) is 0 Å². The average molecular weight is 368 g/mol. The van der Waals surface area contributed by atoms with E-state index in [4.69, 9.17) is 0 Å². The molecule has 7 heteroatoms. The molecule has 0 unspecified atom stereocenters. The quantitative estimate of drug-likeness (QED) is 0.648. The maximum atomic E-state index is 12.3. The van der Waals surface area contributed by atoms with Crippen molar-refractivity contribution >= 4 is 23.0 Å². The van der Waals surface area contributed by atoms with Crippen molar-refractivity contribution in [1.82, 2.24) is 4.90 Å². The molecule has 0 spiro atoms. The first-order valence-corrected chi connectivity index (χ1v) is 9.02. The van der Waals surface area contributed by atoms with Gasteiger partial charge >= 0.3 is 0 Å². The van der Waals surface area contributed by atoms with Crippen molar-refractivity contribution in [2.75, 3.05) is 42.9 Å². The lowest BCUT2D eigenvalue weighted by Crippen LogP contribution is -2.48. The summed E-state index contributed by atoms with van der Waals surface area (Å²) < 4.78 is 0. The van der Waals surface area contributed by atoms with Gasteiger partial charge in [0.2, 0.25) is 5.91 Å². The molecule has 0 bridgehead atoms. The number of piperazine rings is 1. The van der Waals surface area contributed by atoms with Crippen LogP contribution in [0.2, 0.25) is 0 Å². The minimum absolute atomic E-state index is 0.0325. The van der Waals surface area contributed by atoms with Gasteiger partial charge < -0.3 is 10.2 Å². The van der Waals surface area contributed by atoms with Crippen LogP contribution in [0, 0.1) is 24.0 Å². The van der Waals surface area contributed by atoms with E-state index in [0.29, 0.717) is 5.69 Å². The van der Waals surface area contributed by atoms with Gasteiger partial charge in [0.25, 0.3) is 5.69 Å².